The summed E-state index contributed by atoms with van der Waals surface area (Å²) in [6, 6.07) is 13.1. The molecular weight excluding hydrogens is 534 g/mol. The third-order valence-electron chi connectivity index (χ3n) is 4.22. The lowest BCUT2D eigenvalue weighted by atomic mass is 10.2. The van der Waals surface area contributed by atoms with Crippen molar-refractivity contribution in [2.75, 3.05) is 33.9 Å². The van der Waals surface area contributed by atoms with E-state index in [1.807, 2.05) is 31.0 Å². The van der Waals surface area contributed by atoms with Crippen LogP contribution in [0.15, 0.2) is 58.4 Å². The van der Waals surface area contributed by atoms with Crippen molar-refractivity contribution in [1.29, 1.82) is 0 Å². The van der Waals surface area contributed by atoms with Gasteiger partial charge in [-0.05, 0) is 42.3 Å². The van der Waals surface area contributed by atoms with E-state index in [9.17, 15) is 12.8 Å². The number of nitrogens with zero attached hydrogens (tertiary/aromatic N) is 2. The van der Waals surface area contributed by atoms with Crippen LogP contribution in [0.1, 0.15) is 18.1 Å². The highest BCUT2D eigenvalue weighted by Crippen LogP contribution is 2.13. The first-order valence-electron chi connectivity index (χ1n) is 9.67. The zero-order valence-electron chi connectivity index (χ0n) is 18.0. The summed E-state index contributed by atoms with van der Waals surface area (Å²) in [4.78, 5) is 6.68. The molecule has 2 N–H and O–H groups in total. The quantitative estimate of drug-likeness (QED) is 0.201. The monoisotopic (exact) mass is 564 g/mol. The number of methoxy groups -OCH3 is 1. The molecule has 0 bridgehead atoms. The van der Waals surface area contributed by atoms with Crippen LogP contribution >= 0.6 is 24.0 Å². The first kappa shape index (κ1) is 27.3. The number of hydrogen-bond acceptors (Lipinski definition) is 4. The van der Waals surface area contributed by atoms with Crippen molar-refractivity contribution >= 4 is 40.0 Å². The molecule has 0 aromatic heterocycles. The number of aliphatic imine (C=N–C) groups is 1. The zero-order valence-corrected chi connectivity index (χ0v) is 21.1. The second kappa shape index (κ2) is 13.6. The van der Waals surface area contributed by atoms with Gasteiger partial charge < -0.3 is 15.0 Å². The summed E-state index contributed by atoms with van der Waals surface area (Å²) in [6.45, 7) is 3.93. The maximum atomic E-state index is 13.4. The minimum absolute atomic E-state index is 0. The predicted molar refractivity (Wildman–Crippen MR) is 132 cm³/mol. The maximum Gasteiger partial charge on any atom is 0.240 e. The first-order valence-corrected chi connectivity index (χ1v) is 11.2. The van der Waals surface area contributed by atoms with Gasteiger partial charge in [-0.3, -0.25) is 0 Å². The molecule has 31 heavy (non-hydrogen) atoms. The van der Waals surface area contributed by atoms with Gasteiger partial charge in [-0.2, -0.15) is 0 Å². The molecule has 7 nitrogen and oxygen atoms in total. The molecule has 2 aromatic rings. The lowest BCUT2D eigenvalue weighted by molar-refractivity contribution is 0.204. The van der Waals surface area contributed by atoms with E-state index in [1.54, 1.807) is 24.3 Å². The Morgan fingerprint density at radius 2 is 1.87 bits per heavy atom. The molecule has 172 valence electrons. The van der Waals surface area contributed by atoms with Gasteiger partial charge in [-0.15, -0.1) is 24.0 Å². The highest BCUT2D eigenvalue weighted by Gasteiger charge is 2.14. The fraction of sp³-hybridized carbons (Fsp3) is 0.381. The topological polar surface area (TPSA) is 83.0 Å². The van der Waals surface area contributed by atoms with Crippen molar-refractivity contribution < 1.29 is 17.5 Å². The fourth-order valence-corrected chi connectivity index (χ4v) is 3.88. The Balaban J connectivity index is 0.00000480. The Labute approximate surface area is 201 Å². The molecule has 0 saturated heterocycles. The van der Waals surface area contributed by atoms with Gasteiger partial charge in [0.2, 0.25) is 10.0 Å². The van der Waals surface area contributed by atoms with Crippen LogP contribution in [-0.4, -0.2) is 53.1 Å². The minimum atomic E-state index is -3.60. The first-order chi connectivity index (χ1) is 14.4. The molecule has 0 radical (unpaired) electrons. The number of benzene rings is 2. The van der Waals surface area contributed by atoms with Crippen LogP contribution in [0.5, 0.6) is 0 Å². The van der Waals surface area contributed by atoms with E-state index in [1.165, 1.54) is 19.2 Å². The zero-order chi connectivity index (χ0) is 22.0. The van der Waals surface area contributed by atoms with E-state index in [0.717, 1.165) is 11.1 Å². The summed E-state index contributed by atoms with van der Waals surface area (Å²) in [7, 11) is -0.223. The lowest BCUT2D eigenvalue weighted by Crippen LogP contribution is -2.38. The van der Waals surface area contributed by atoms with Crippen molar-refractivity contribution in [1.82, 2.24) is 14.9 Å². The lowest BCUT2D eigenvalue weighted by Gasteiger charge is -2.22. The van der Waals surface area contributed by atoms with Gasteiger partial charge >= 0.3 is 0 Å². The molecule has 0 unspecified atom stereocenters. The largest absolute Gasteiger partial charge is 0.383 e. The fourth-order valence-electron chi connectivity index (χ4n) is 2.79. The molecule has 0 fully saturated rings. The Kier molecular flexibility index (Phi) is 12.0. The summed E-state index contributed by atoms with van der Waals surface area (Å²) >= 11 is 0. The van der Waals surface area contributed by atoms with Gasteiger partial charge in [0, 0.05) is 33.8 Å². The number of rotatable bonds is 10. The van der Waals surface area contributed by atoms with Gasteiger partial charge in [-0.25, -0.2) is 22.5 Å². The van der Waals surface area contributed by atoms with Gasteiger partial charge in [0.25, 0.3) is 0 Å². The highest BCUT2D eigenvalue weighted by molar-refractivity contribution is 14.0. The third-order valence-corrected chi connectivity index (χ3v) is 5.68. The summed E-state index contributed by atoms with van der Waals surface area (Å²) < 4.78 is 45.6. The molecule has 0 aliphatic heterocycles. The van der Waals surface area contributed by atoms with E-state index < -0.39 is 10.0 Å². The van der Waals surface area contributed by atoms with Crippen LogP contribution in [0.2, 0.25) is 0 Å². The number of guanidine groups is 1. The molecule has 0 amide bonds. The summed E-state index contributed by atoms with van der Waals surface area (Å²) in [5, 5.41) is 3.20. The average molecular weight is 564 g/mol. The second-order valence-corrected chi connectivity index (χ2v) is 8.46. The van der Waals surface area contributed by atoms with Crippen molar-refractivity contribution in [3.05, 3.63) is 65.5 Å². The van der Waals surface area contributed by atoms with Crippen molar-refractivity contribution in [2.45, 2.75) is 24.9 Å². The van der Waals surface area contributed by atoms with Gasteiger partial charge in [0.15, 0.2) is 5.96 Å². The van der Waals surface area contributed by atoms with Crippen LogP contribution in [0, 0.1) is 5.82 Å². The van der Waals surface area contributed by atoms with Crippen molar-refractivity contribution in [2.24, 2.45) is 4.99 Å². The Hall–Kier alpha value is -1.76. The summed E-state index contributed by atoms with van der Waals surface area (Å²) in [5.41, 5.74) is 1.59. The Morgan fingerprint density at radius 3 is 2.55 bits per heavy atom. The maximum absolute atomic E-state index is 13.4. The summed E-state index contributed by atoms with van der Waals surface area (Å²) in [5.74, 6) is 0.369. The molecule has 0 spiro atoms. The number of sulfonamides is 1. The third kappa shape index (κ3) is 9.09. The molecule has 0 heterocycles. The van der Waals surface area contributed by atoms with Crippen LogP contribution in [-0.2, 0) is 27.8 Å². The predicted octanol–water partition coefficient (Wildman–Crippen LogP) is 2.97. The minimum Gasteiger partial charge on any atom is -0.383 e. The molecule has 0 saturated carbocycles. The van der Waals surface area contributed by atoms with Gasteiger partial charge in [-0.1, -0.05) is 24.3 Å². The van der Waals surface area contributed by atoms with Crippen LogP contribution in [0.3, 0.4) is 0 Å². The highest BCUT2D eigenvalue weighted by atomic mass is 127. The number of ether oxygens (including phenoxy) is 1. The van der Waals surface area contributed by atoms with E-state index in [2.05, 4.69) is 15.0 Å². The van der Waals surface area contributed by atoms with E-state index in [0.29, 0.717) is 32.2 Å². The van der Waals surface area contributed by atoms with E-state index >= 15 is 0 Å². The average Bonchev–Trinajstić information content (AvgIpc) is 2.71. The molecule has 2 rings (SSSR count). The van der Waals surface area contributed by atoms with Crippen LogP contribution in [0.4, 0.5) is 4.39 Å². The van der Waals surface area contributed by atoms with Crippen molar-refractivity contribution in [3.8, 4) is 0 Å². The SMILES string of the molecule is CCNC(=NCc1cccc(S(=O)(=O)NCCOC)c1)N(C)Cc1cccc(F)c1.I. The number of hydrogen-bond donors (Lipinski definition) is 2. The molecular formula is C21H30FIN4O3S. The van der Waals surface area contributed by atoms with Gasteiger partial charge in [0.05, 0.1) is 18.0 Å². The second-order valence-electron chi connectivity index (χ2n) is 6.69. The normalized spacial score (nSPS) is 11.7. The number of halogens is 2. The standard InChI is InChI=1S/C21H29FN4O3S.HI/c1-4-23-21(26(2)16-18-8-5-9-19(22)13-18)24-15-17-7-6-10-20(14-17)30(27,28)25-11-12-29-3;/h5-10,13-14,25H,4,11-12,15-16H2,1-3H3,(H,23,24);1H. The van der Waals surface area contributed by atoms with Gasteiger partial charge in [0.1, 0.15) is 5.82 Å². The van der Waals surface area contributed by atoms with Crippen LogP contribution < -0.4 is 10.0 Å². The smallest absolute Gasteiger partial charge is 0.240 e. The van der Waals surface area contributed by atoms with E-state index in [-0.39, 0.29) is 41.2 Å². The molecule has 10 heteroatoms. The number of nitrogens with one attached hydrogen (secondary N) is 2. The molecule has 0 atom stereocenters. The molecule has 2 aromatic carbocycles. The Morgan fingerprint density at radius 1 is 1.16 bits per heavy atom. The Bertz CT molecular complexity index is 957. The summed E-state index contributed by atoms with van der Waals surface area (Å²) in [6.07, 6.45) is 0. The van der Waals surface area contributed by atoms with E-state index in [4.69, 9.17) is 4.74 Å². The molecule has 0 aliphatic rings. The van der Waals surface area contributed by atoms with Crippen LogP contribution in [0.25, 0.3) is 0 Å². The van der Waals surface area contributed by atoms with Crippen molar-refractivity contribution in [3.63, 3.8) is 0 Å². The molecule has 0 aliphatic carbocycles.